The topological polar surface area (TPSA) is 73.9 Å². The summed E-state index contributed by atoms with van der Waals surface area (Å²) in [5.41, 5.74) is 0. The summed E-state index contributed by atoms with van der Waals surface area (Å²) in [7, 11) is 0. The molecule has 1 amide bonds. The maximum absolute atomic E-state index is 11.8. The third-order valence-electron chi connectivity index (χ3n) is 3.20. The Hall–Kier alpha value is -1.72. The average Bonchev–Trinajstić information content (AvgIpc) is 2.92. The van der Waals surface area contributed by atoms with Crippen molar-refractivity contribution in [1.29, 1.82) is 0 Å². The van der Waals surface area contributed by atoms with Crippen LogP contribution in [0.15, 0.2) is 12.0 Å². The van der Waals surface area contributed by atoms with Crippen LogP contribution in [0.5, 0.6) is 0 Å². The zero-order chi connectivity index (χ0) is 13.7. The fraction of sp³-hybridized carbons (Fsp3) is 0.692. The monoisotopic (exact) mass is 269 g/mol. The number of nitrogens with one attached hydrogen (secondary N) is 1. The Bertz CT molecular complexity index is 373. The van der Waals surface area contributed by atoms with Crippen molar-refractivity contribution in [2.24, 2.45) is 0 Å². The maximum Gasteiger partial charge on any atom is 0.377 e. The molecule has 2 aliphatic rings. The van der Waals surface area contributed by atoms with Crippen LogP contribution in [0.2, 0.25) is 0 Å². The SMILES string of the molecule is C[C@@H](OC(=O)C1=COCCO1)C(=O)NC1CCCC1. The lowest BCUT2D eigenvalue weighted by atomic mass is 10.2. The van der Waals surface area contributed by atoms with Gasteiger partial charge >= 0.3 is 5.97 Å². The lowest BCUT2D eigenvalue weighted by Gasteiger charge is -2.19. The first-order valence-corrected chi connectivity index (χ1v) is 6.63. The van der Waals surface area contributed by atoms with Crippen LogP contribution >= 0.6 is 0 Å². The molecule has 1 aliphatic carbocycles. The minimum atomic E-state index is -0.834. The fourth-order valence-corrected chi connectivity index (χ4v) is 2.14. The molecule has 0 aromatic carbocycles. The number of hydrogen-bond donors (Lipinski definition) is 1. The summed E-state index contributed by atoms with van der Waals surface area (Å²) in [6.45, 7) is 2.27. The lowest BCUT2D eigenvalue weighted by molar-refractivity contribution is -0.155. The number of hydrogen-bond acceptors (Lipinski definition) is 5. The number of esters is 1. The Morgan fingerprint density at radius 3 is 2.74 bits per heavy atom. The van der Waals surface area contributed by atoms with E-state index in [2.05, 4.69) is 5.32 Å². The highest BCUT2D eigenvalue weighted by Crippen LogP contribution is 2.18. The van der Waals surface area contributed by atoms with Gasteiger partial charge in [-0.2, -0.15) is 0 Å². The Morgan fingerprint density at radius 1 is 1.37 bits per heavy atom. The standard InChI is InChI=1S/C13H19NO5/c1-9(12(15)14-10-4-2-3-5-10)19-13(16)11-8-17-6-7-18-11/h8-10H,2-7H2,1H3,(H,14,15)/t9-/m1/s1. The Morgan fingerprint density at radius 2 is 2.11 bits per heavy atom. The summed E-state index contributed by atoms with van der Waals surface area (Å²) in [6, 6.07) is 0.210. The van der Waals surface area contributed by atoms with Gasteiger partial charge in [-0.1, -0.05) is 12.8 Å². The van der Waals surface area contributed by atoms with Gasteiger partial charge in [0.05, 0.1) is 0 Å². The van der Waals surface area contributed by atoms with Gasteiger partial charge in [0.2, 0.25) is 5.76 Å². The van der Waals surface area contributed by atoms with Crippen LogP contribution in [0.4, 0.5) is 0 Å². The molecule has 1 atom stereocenters. The van der Waals surface area contributed by atoms with E-state index in [0.717, 1.165) is 25.7 Å². The van der Waals surface area contributed by atoms with Crippen molar-refractivity contribution in [2.75, 3.05) is 13.2 Å². The highest BCUT2D eigenvalue weighted by atomic mass is 16.6. The van der Waals surface area contributed by atoms with E-state index < -0.39 is 12.1 Å². The third kappa shape index (κ3) is 3.87. The molecule has 1 heterocycles. The van der Waals surface area contributed by atoms with Crippen molar-refractivity contribution in [3.8, 4) is 0 Å². The molecule has 6 heteroatoms. The second-order valence-electron chi connectivity index (χ2n) is 4.74. The minimum Gasteiger partial charge on any atom is -0.493 e. The van der Waals surface area contributed by atoms with Crippen LogP contribution in [0.1, 0.15) is 32.6 Å². The van der Waals surface area contributed by atoms with E-state index >= 15 is 0 Å². The van der Waals surface area contributed by atoms with Gasteiger partial charge in [-0.3, -0.25) is 4.79 Å². The van der Waals surface area contributed by atoms with E-state index in [1.165, 1.54) is 6.26 Å². The normalized spacial score (nSPS) is 20.8. The molecule has 0 saturated heterocycles. The molecular formula is C13H19NO5. The summed E-state index contributed by atoms with van der Waals surface area (Å²) < 4.78 is 15.1. The largest absolute Gasteiger partial charge is 0.493 e. The van der Waals surface area contributed by atoms with E-state index in [9.17, 15) is 9.59 Å². The first kappa shape index (κ1) is 13.7. The first-order chi connectivity index (χ1) is 9.16. The van der Waals surface area contributed by atoms with Gasteiger partial charge in [-0.15, -0.1) is 0 Å². The number of carbonyl (C=O) groups is 2. The molecule has 0 spiro atoms. The van der Waals surface area contributed by atoms with E-state index in [1.54, 1.807) is 6.92 Å². The molecule has 0 unspecified atom stereocenters. The Kier molecular flexibility index (Phi) is 4.65. The summed E-state index contributed by atoms with van der Waals surface area (Å²) in [5, 5.41) is 2.88. The quantitative estimate of drug-likeness (QED) is 0.766. The fourth-order valence-electron chi connectivity index (χ4n) is 2.14. The van der Waals surface area contributed by atoms with Crippen LogP contribution in [-0.2, 0) is 23.8 Å². The summed E-state index contributed by atoms with van der Waals surface area (Å²) in [5.74, 6) is -0.932. The molecule has 1 saturated carbocycles. The van der Waals surface area contributed by atoms with Crippen molar-refractivity contribution in [1.82, 2.24) is 5.32 Å². The molecule has 19 heavy (non-hydrogen) atoms. The number of rotatable bonds is 4. The number of carbonyl (C=O) groups excluding carboxylic acids is 2. The molecule has 0 aromatic heterocycles. The highest BCUT2D eigenvalue weighted by molar-refractivity contribution is 5.89. The van der Waals surface area contributed by atoms with E-state index in [1.807, 2.05) is 0 Å². The van der Waals surface area contributed by atoms with Gasteiger partial charge in [0.15, 0.2) is 6.10 Å². The van der Waals surface area contributed by atoms with Gasteiger partial charge in [-0.25, -0.2) is 4.79 Å². The molecule has 0 aromatic rings. The van der Waals surface area contributed by atoms with Crippen LogP contribution in [0, 0.1) is 0 Å². The first-order valence-electron chi connectivity index (χ1n) is 6.63. The predicted octanol–water partition coefficient (Wildman–Crippen LogP) is 0.865. The van der Waals surface area contributed by atoms with Crippen molar-refractivity contribution in [2.45, 2.75) is 44.8 Å². The molecular weight excluding hydrogens is 250 g/mol. The summed E-state index contributed by atoms with van der Waals surface area (Å²) in [4.78, 5) is 23.5. The number of ether oxygens (including phenoxy) is 3. The van der Waals surface area contributed by atoms with Gasteiger partial charge in [0, 0.05) is 6.04 Å². The molecule has 106 valence electrons. The molecule has 0 bridgehead atoms. The predicted molar refractivity (Wildman–Crippen MR) is 65.9 cm³/mol. The van der Waals surface area contributed by atoms with Gasteiger partial charge in [-0.05, 0) is 19.8 Å². The maximum atomic E-state index is 11.8. The molecule has 1 aliphatic heterocycles. The van der Waals surface area contributed by atoms with Crippen molar-refractivity contribution < 1.29 is 23.8 Å². The van der Waals surface area contributed by atoms with E-state index in [-0.39, 0.29) is 17.7 Å². The van der Waals surface area contributed by atoms with Gasteiger partial charge in [0.25, 0.3) is 5.91 Å². The van der Waals surface area contributed by atoms with Crippen LogP contribution in [0.25, 0.3) is 0 Å². The summed E-state index contributed by atoms with van der Waals surface area (Å²) >= 11 is 0. The van der Waals surface area contributed by atoms with Gasteiger partial charge in [0.1, 0.15) is 19.5 Å². The Balaban J connectivity index is 1.78. The smallest absolute Gasteiger partial charge is 0.377 e. The second-order valence-corrected chi connectivity index (χ2v) is 4.74. The Labute approximate surface area is 112 Å². The molecule has 1 N–H and O–H groups in total. The highest BCUT2D eigenvalue weighted by Gasteiger charge is 2.25. The zero-order valence-electron chi connectivity index (χ0n) is 11.0. The van der Waals surface area contributed by atoms with Crippen molar-refractivity contribution in [3.63, 3.8) is 0 Å². The van der Waals surface area contributed by atoms with E-state index in [4.69, 9.17) is 14.2 Å². The van der Waals surface area contributed by atoms with Crippen molar-refractivity contribution in [3.05, 3.63) is 12.0 Å². The average molecular weight is 269 g/mol. The van der Waals surface area contributed by atoms with Crippen LogP contribution in [0.3, 0.4) is 0 Å². The molecule has 6 nitrogen and oxygen atoms in total. The summed E-state index contributed by atoms with van der Waals surface area (Å²) in [6.07, 6.45) is 4.64. The van der Waals surface area contributed by atoms with Gasteiger partial charge < -0.3 is 19.5 Å². The zero-order valence-corrected chi connectivity index (χ0v) is 11.0. The molecule has 2 rings (SSSR count). The second kappa shape index (κ2) is 6.45. The van der Waals surface area contributed by atoms with Crippen LogP contribution in [-0.4, -0.2) is 37.2 Å². The van der Waals surface area contributed by atoms with E-state index in [0.29, 0.717) is 13.2 Å². The lowest BCUT2D eigenvalue weighted by Crippen LogP contribution is -2.41. The molecule has 1 fully saturated rings. The molecule has 0 radical (unpaired) electrons. The van der Waals surface area contributed by atoms with Crippen LogP contribution < -0.4 is 5.32 Å². The third-order valence-corrected chi connectivity index (χ3v) is 3.20. The minimum absolute atomic E-state index is 0.00627. The van der Waals surface area contributed by atoms with Crippen molar-refractivity contribution >= 4 is 11.9 Å². The number of amides is 1.